The molecule has 0 atom stereocenters. The summed E-state index contributed by atoms with van der Waals surface area (Å²) in [6.07, 6.45) is 8.16. The zero-order chi connectivity index (χ0) is 29.1. The number of amides is 1. The van der Waals surface area contributed by atoms with Crippen LogP contribution >= 0.6 is 0 Å². The highest BCUT2D eigenvalue weighted by Crippen LogP contribution is 2.31. The van der Waals surface area contributed by atoms with Crippen LogP contribution in [0.25, 0.3) is 22.6 Å². The molecule has 2 saturated heterocycles. The number of allylic oxidation sites excluding steroid dienone is 1. The Morgan fingerprint density at radius 3 is 2.71 bits per heavy atom. The molecule has 3 N–H and O–H groups in total. The third-order valence-electron chi connectivity index (χ3n) is 7.47. The van der Waals surface area contributed by atoms with E-state index < -0.39 is 0 Å². The molecule has 1 aromatic carbocycles. The first kappa shape index (κ1) is 27.2. The maximum Gasteiger partial charge on any atom is 0.410 e. The van der Waals surface area contributed by atoms with Gasteiger partial charge in [-0.25, -0.2) is 19.7 Å². The first-order chi connectivity index (χ1) is 20.4. The largest absolute Gasteiger partial charge is 0.492 e. The number of ether oxygens (including phenoxy) is 2. The van der Waals surface area contributed by atoms with Crippen molar-refractivity contribution >= 4 is 29.3 Å². The van der Waals surface area contributed by atoms with Crippen LogP contribution in [0.5, 0.6) is 5.75 Å². The molecule has 0 saturated carbocycles. The van der Waals surface area contributed by atoms with E-state index in [0.29, 0.717) is 25.5 Å². The van der Waals surface area contributed by atoms with E-state index in [2.05, 4.69) is 30.5 Å². The fraction of sp³-hybridized carbons (Fsp3) is 0.300. The topological polar surface area (TPSA) is 133 Å². The van der Waals surface area contributed by atoms with Gasteiger partial charge in [0.05, 0.1) is 24.1 Å². The quantitative estimate of drug-likeness (QED) is 0.234. The number of anilines is 1. The monoisotopic (exact) mass is 567 g/mol. The van der Waals surface area contributed by atoms with Gasteiger partial charge >= 0.3 is 6.09 Å². The maximum absolute atomic E-state index is 11.7. The number of carbonyl (C=O) groups excluding carboxylic acids is 1. The molecule has 6 rings (SSSR count). The molecule has 5 heterocycles. The number of likely N-dealkylation sites (N-methyl/N-ethyl adjacent to an activating group) is 1. The van der Waals surface area contributed by atoms with Gasteiger partial charge in [0.2, 0.25) is 0 Å². The number of carbonyl (C=O) groups is 1. The number of imidazole rings is 1. The molecule has 12 heteroatoms. The van der Waals surface area contributed by atoms with Crippen LogP contribution in [0.15, 0.2) is 67.4 Å². The summed E-state index contributed by atoms with van der Waals surface area (Å²) in [6.45, 7) is 4.00. The fourth-order valence-electron chi connectivity index (χ4n) is 5.38. The highest BCUT2D eigenvalue weighted by molar-refractivity contribution is 6.08. The van der Waals surface area contributed by atoms with Crippen molar-refractivity contribution in [2.75, 3.05) is 52.2 Å². The number of hydrogen-bond donors (Lipinski definition) is 3. The Hall–Kier alpha value is -4.97. The molecule has 42 heavy (non-hydrogen) atoms. The molecule has 0 bridgehead atoms. The van der Waals surface area contributed by atoms with Crippen LogP contribution < -0.4 is 15.4 Å². The minimum atomic E-state index is -0.352. The van der Waals surface area contributed by atoms with Gasteiger partial charge in [0, 0.05) is 76.6 Å². The van der Waals surface area contributed by atoms with E-state index in [9.17, 15) is 4.79 Å². The van der Waals surface area contributed by atoms with Crippen LogP contribution in [-0.4, -0.2) is 93.9 Å². The fourth-order valence-corrected chi connectivity index (χ4v) is 5.38. The summed E-state index contributed by atoms with van der Waals surface area (Å²) in [5.41, 5.74) is 4.90. The average molecular weight is 568 g/mol. The van der Waals surface area contributed by atoms with Gasteiger partial charge in [0.1, 0.15) is 30.1 Å². The lowest BCUT2D eigenvalue weighted by Gasteiger charge is -2.45. The lowest BCUT2D eigenvalue weighted by Crippen LogP contribution is -2.64. The highest BCUT2D eigenvalue weighted by Gasteiger charge is 2.52. The molecule has 1 spiro atoms. The van der Waals surface area contributed by atoms with E-state index >= 15 is 0 Å². The number of pyridine rings is 1. The van der Waals surface area contributed by atoms with E-state index in [1.807, 2.05) is 60.1 Å². The van der Waals surface area contributed by atoms with Gasteiger partial charge < -0.3 is 30.4 Å². The van der Waals surface area contributed by atoms with E-state index in [0.717, 1.165) is 59.1 Å². The summed E-state index contributed by atoms with van der Waals surface area (Å²) in [4.78, 5) is 29.0. The second kappa shape index (κ2) is 11.5. The number of fused-ring (bicyclic) bond motifs is 1. The summed E-state index contributed by atoms with van der Waals surface area (Å²) in [7, 11) is 3.58. The van der Waals surface area contributed by atoms with Crippen molar-refractivity contribution in [2.24, 2.45) is 0 Å². The molecule has 0 aliphatic carbocycles. The highest BCUT2D eigenvalue weighted by atomic mass is 16.6. The Morgan fingerprint density at radius 1 is 1.14 bits per heavy atom. The van der Waals surface area contributed by atoms with Gasteiger partial charge in [-0.3, -0.25) is 9.30 Å². The Kier molecular flexibility index (Phi) is 7.44. The van der Waals surface area contributed by atoms with Crippen molar-refractivity contribution in [2.45, 2.75) is 12.1 Å². The molecule has 2 aliphatic heterocycles. The van der Waals surface area contributed by atoms with E-state index in [-0.39, 0.29) is 11.7 Å². The molecule has 4 aromatic rings. The molecule has 2 fully saturated rings. The van der Waals surface area contributed by atoms with Crippen molar-refractivity contribution in [3.63, 3.8) is 0 Å². The predicted molar refractivity (Wildman–Crippen MR) is 160 cm³/mol. The normalized spacial score (nSPS) is 16.4. The molecule has 3 aromatic heterocycles. The third-order valence-corrected chi connectivity index (χ3v) is 7.47. The van der Waals surface area contributed by atoms with Crippen LogP contribution in [0.1, 0.15) is 11.1 Å². The van der Waals surface area contributed by atoms with Gasteiger partial charge in [-0.1, -0.05) is 24.3 Å². The summed E-state index contributed by atoms with van der Waals surface area (Å²) in [5, 5.41) is 13.9. The Bertz CT molecular complexity index is 1630. The van der Waals surface area contributed by atoms with Crippen LogP contribution in [0.2, 0.25) is 0 Å². The number of aromatic nitrogens is 4. The maximum atomic E-state index is 11.7. The summed E-state index contributed by atoms with van der Waals surface area (Å²) in [5.74, 6) is 1.45. The molecule has 1 amide bonds. The standard InChI is InChI=1S/C30H33N9O3/c1-32-15-23(13-31)22-5-3-21(4-6-22)14-33-27-12-25(35-20-36-27)26-16-34-28-11-24(7-8-39(26)28)41-10-9-38-18-30(19-38)17-37(2)29(40)42-30/h3-8,11-13,15-16,20,31-32H,9-10,14,17-19H2,1-2H3,(H,33,35,36)/b23-15+,31-13?. The van der Waals surface area contributed by atoms with Gasteiger partial charge in [-0.05, 0) is 17.2 Å². The van der Waals surface area contributed by atoms with Crippen LogP contribution in [0.3, 0.4) is 0 Å². The van der Waals surface area contributed by atoms with Crippen LogP contribution in [0, 0.1) is 5.41 Å². The van der Waals surface area contributed by atoms with Crippen molar-refractivity contribution < 1.29 is 14.3 Å². The van der Waals surface area contributed by atoms with E-state index in [1.54, 1.807) is 30.7 Å². The lowest BCUT2D eigenvalue weighted by molar-refractivity contribution is -0.0762. The van der Waals surface area contributed by atoms with Crippen LogP contribution in [0.4, 0.5) is 10.6 Å². The number of nitrogens with zero attached hydrogens (tertiary/aromatic N) is 6. The Labute approximate surface area is 243 Å². The molecular weight excluding hydrogens is 534 g/mol. The zero-order valence-electron chi connectivity index (χ0n) is 23.6. The molecule has 0 unspecified atom stereocenters. The van der Waals surface area contributed by atoms with Crippen molar-refractivity contribution in [3.8, 4) is 17.1 Å². The first-order valence-electron chi connectivity index (χ1n) is 13.8. The summed E-state index contributed by atoms with van der Waals surface area (Å²) >= 11 is 0. The predicted octanol–water partition coefficient (Wildman–Crippen LogP) is 3.13. The van der Waals surface area contributed by atoms with E-state index in [1.165, 1.54) is 6.21 Å². The van der Waals surface area contributed by atoms with Gasteiger partial charge in [-0.15, -0.1) is 0 Å². The summed E-state index contributed by atoms with van der Waals surface area (Å²) < 4.78 is 13.5. The van der Waals surface area contributed by atoms with E-state index in [4.69, 9.17) is 14.9 Å². The van der Waals surface area contributed by atoms with Gasteiger partial charge in [0.25, 0.3) is 0 Å². The third kappa shape index (κ3) is 5.61. The second-order valence-corrected chi connectivity index (χ2v) is 10.6. The second-order valence-electron chi connectivity index (χ2n) is 10.6. The summed E-state index contributed by atoms with van der Waals surface area (Å²) in [6, 6.07) is 13.8. The molecular formula is C30H33N9O3. The van der Waals surface area contributed by atoms with Gasteiger partial charge in [0.15, 0.2) is 5.60 Å². The number of rotatable bonds is 11. The minimum Gasteiger partial charge on any atom is -0.492 e. The first-order valence-corrected chi connectivity index (χ1v) is 13.8. The van der Waals surface area contributed by atoms with Crippen molar-refractivity contribution in [1.82, 2.24) is 34.5 Å². The smallest absolute Gasteiger partial charge is 0.410 e. The Morgan fingerprint density at radius 2 is 1.98 bits per heavy atom. The zero-order valence-corrected chi connectivity index (χ0v) is 23.6. The number of hydrogen-bond acceptors (Lipinski definition) is 10. The number of nitrogens with one attached hydrogen (secondary N) is 3. The van der Waals surface area contributed by atoms with Crippen molar-refractivity contribution in [1.29, 1.82) is 5.41 Å². The van der Waals surface area contributed by atoms with Crippen molar-refractivity contribution in [3.05, 3.63) is 78.5 Å². The number of likely N-dealkylation sites (tertiary alicyclic amines) is 1. The van der Waals surface area contributed by atoms with Gasteiger partial charge in [-0.2, -0.15) is 0 Å². The lowest BCUT2D eigenvalue weighted by atomic mass is 9.94. The minimum absolute atomic E-state index is 0.244. The molecule has 12 nitrogen and oxygen atoms in total. The molecule has 0 radical (unpaired) electrons. The average Bonchev–Trinajstić information content (AvgIpc) is 3.55. The molecule has 216 valence electrons. The SMILES string of the molecule is CN/C=C(\C=N)c1ccc(CNc2cc(-c3cnc4cc(OCCN5CC6(C5)CN(C)C(=O)O6)ccn34)ncn2)cc1. The number of benzene rings is 1. The van der Waals surface area contributed by atoms with Crippen LogP contribution in [-0.2, 0) is 11.3 Å². The Balaban J connectivity index is 1.04. The molecule has 2 aliphatic rings.